The number of carbonyl (C=O) groups is 1. The van der Waals surface area contributed by atoms with Gasteiger partial charge in [0.1, 0.15) is 11.9 Å². The highest BCUT2D eigenvalue weighted by Crippen LogP contribution is 2.26. The molecule has 0 saturated heterocycles. The van der Waals surface area contributed by atoms with Crippen LogP contribution in [0.1, 0.15) is 27.2 Å². The first-order chi connectivity index (χ1) is 9.92. The Morgan fingerprint density at radius 1 is 1.38 bits per heavy atom. The Morgan fingerprint density at radius 2 is 2.10 bits per heavy atom. The van der Waals surface area contributed by atoms with Crippen LogP contribution in [0.3, 0.4) is 0 Å². The molecule has 5 nitrogen and oxygen atoms in total. The minimum Gasteiger partial charge on any atom is -0.478 e. The minimum absolute atomic E-state index is 0.0242. The number of hydrogen-bond acceptors (Lipinski definition) is 4. The number of aryl methyl sites for hydroxylation is 2. The molecule has 0 aliphatic carbocycles. The number of nitrogens with zero attached hydrogens (tertiary/aromatic N) is 2. The van der Waals surface area contributed by atoms with Gasteiger partial charge in [-0.15, -0.1) is 0 Å². The molecule has 2 N–H and O–H groups in total. The van der Waals surface area contributed by atoms with Crippen molar-refractivity contribution in [3.05, 3.63) is 51.7 Å². The largest absolute Gasteiger partial charge is 0.478 e. The van der Waals surface area contributed by atoms with Gasteiger partial charge in [-0.3, -0.25) is 0 Å². The first kappa shape index (κ1) is 14.8. The number of benzene rings is 1. The molecule has 1 aromatic carbocycles. The van der Waals surface area contributed by atoms with Crippen LogP contribution in [0.15, 0.2) is 24.3 Å². The lowest BCUT2D eigenvalue weighted by atomic mass is 10.1. The quantitative estimate of drug-likeness (QED) is 0.903. The summed E-state index contributed by atoms with van der Waals surface area (Å²) in [6.07, 6.45) is 0. The fourth-order valence-corrected chi connectivity index (χ4v) is 2.23. The number of pyridine rings is 1. The molecule has 1 heterocycles. The number of anilines is 2. The number of nitriles is 1. The number of hydrogen-bond donors (Lipinski definition) is 2. The van der Waals surface area contributed by atoms with Crippen molar-refractivity contribution in [2.24, 2.45) is 0 Å². The summed E-state index contributed by atoms with van der Waals surface area (Å²) < 4.78 is 0. The SMILES string of the molecule is Cc1cc(C)c(C#N)c(Nc2ccc(C(=O)O)c(Cl)c2)n1. The second-order valence-electron chi connectivity index (χ2n) is 4.54. The van der Waals surface area contributed by atoms with Gasteiger partial charge in [-0.1, -0.05) is 11.6 Å². The lowest BCUT2D eigenvalue weighted by molar-refractivity contribution is 0.0697. The molecule has 0 unspecified atom stereocenters. The Bertz CT molecular complexity index is 766. The fourth-order valence-electron chi connectivity index (χ4n) is 1.97. The second kappa shape index (κ2) is 5.81. The van der Waals surface area contributed by atoms with Gasteiger partial charge in [0.05, 0.1) is 16.1 Å². The molecule has 6 heteroatoms. The molecule has 0 aliphatic rings. The summed E-state index contributed by atoms with van der Waals surface area (Å²) in [5, 5.41) is 21.3. The number of carboxylic acids is 1. The summed E-state index contributed by atoms with van der Waals surface area (Å²) >= 11 is 5.92. The zero-order valence-corrected chi connectivity index (χ0v) is 12.2. The van der Waals surface area contributed by atoms with Crippen LogP contribution in [0.25, 0.3) is 0 Å². The van der Waals surface area contributed by atoms with Crippen LogP contribution in [0.5, 0.6) is 0 Å². The maximum Gasteiger partial charge on any atom is 0.337 e. The molecular weight excluding hydrogens is 290 g/mol. The average Bonchev–Trinajstić information content (AvgIpc) is 2.37. The zero-order valence-electron chi connectivity index (χ0n) is 11.4. The van der Waals surface area contributed by atoms with E-state index in [1.165, 1.54) is 12.1 Å². The summed E-state index contributed by atoms with van der Waals surface area (Å²) in [6.45, 7) is 3.67. The van der Waals surface area contributed by atoms with Crippen LogP contribution in [0.4, 0.5) is 11.5 Å². The molecule has 0 radical (unpaired) electrons. The van der Waals surface area contributed by atoms with Crippen molar-refractivity contribution >= 4 is 29.1 Å². The molecule has 0 atom stereocenters. The van der Waals surface area contributed by atoms with Crippen LogP contribution in [0, 0.1) is 25.2 Å². The van der Waals surface area contributed by atoms with Crippen molar-refractivity contribution in [3.63, 3.8) is 0 Å². The molecule has 0 aliphatic heterocycles. The Labute approximate surface area is 126 Å². The molecule has 0 amide bonds. The van der Waals surface area contributed by atoms with Crippen LogP contribution < -0.4 is 5.32 Å². The van der Waals surface area contributed by atoms with E-state index < -0.39 is 5.97 Å². The lowest BCUT2D eigenvalue weighted by Crippen LogP contribution is -2.02. The monoisotopic (exact) mass is 301 g/mol. The van der Waals surface area contributed by atoms with Crippen molar-refractivity contribution in [2.75, 3.05) is 5.32 Å². The number of halogens is 1. The van der Waals surface area contributed by atoms with E-state index in [1.54, 1.807) is 6.07 Å². The molecule has 21 heavy (non-hydrogen) atoms. The van der Waals surface area contributed by atoms with E-state index in [2.05, 4.69) is 16.4 Å². The van der Waals surface area contributed by atoms with Crippen molar-refractivity contribution in [3.8, 4) is 6.07 Å². The molecule has 1 aromatic heterocycles. The smallest absolute Gasteiger partial charge is 0.337 e. The van der Waals surface area contributed by atoms with Gasteiger partial charge in [0, 0.05) is 11.4 Å². The van der Waals surface area contributed by atoms with Gasteiger partial charge in [0.15, 0.2) is 0 Å². The normalized spacial score (nSPS) is 10.0. The van der Waals surface area contributed by atoms with Crippen molar-refractivity contribution in [2.45, 2.75) is 13.8 Å². The fraction of sp³-hybridized carbons (Fsp3) is 0.133. The van der Waals surface area contributed by atoms with Gasteiger partial charge in [-0.2, -0.15) is 5.26 Å². The summed E-state index contributed by atoms with van der Waals surface area (Å²) in [5.41, 5.74) is 2.64. The van der Waals surface area contributed by atoms with E-state index >= 15 is 0 Å². The number of rotatable bonds is 3. The lowest BCUT2D eigenvalue weighted by Gasteiger charge is -2.11. The van der Waals surface area contributed by atoms with Crippen LogP contribution >= 0.6 is 11.6 Å². The topological polar surface area (TPSA) is 86.0 Å². The second-order valence-corrected chi connectivity index (χ2v) is 4.95. The van der Waals surface area contributed by atoms with Gasteiger partial charge in [0.2, 0.25) is 0 Å². The Balaban J connectivity index is 2.42. The zero-order chi connectivity index (χ0) is 15.6. The van der Waals surface area contributed by atoms with Gasteiger partial charge in [-0.25, -0.2) is 9.78 Å². The highest BCUT2D eigenvalue weighted by molar-refractivity contribution is 6.33. The van der Waals surface area contributed by atoms with E-state index in [0.29, 0.717) is 17.1 Å². The number of nitrogens with one attached hydrogen (secondary N) is 1. The standard InChI is InChI=1S/C15H12ClN3O2/c1-8-5-9(2)18-14(12(8)7-17)19-10-3-4-11(15(20)21)13(16)6-10/h3-6H,1-2H3,(H,18,19)(H,20,21). The average molecular weight is 302 g/mol. The predicted molar refractivity (Wildman–Crippen MR) is 80.1 cm³/mol. The maximum absolute atomic E-state index is 10.9. The molecular formula is C15H12ClN3O2. The molecule has 0 bridgehead atoms. The number of carboxylic acid groups (broad SMARTS) is 1. The van der Waals surface area contributed by atoms with E-state index in [-0.39, 0.29) is 10.6 Å². The summed E-state index contributed by atoms with van der Waals surface area (Å²) in [5.74, 6) is -0.664. The first-order valence-electron chi connectivity index (χ1n) is 6.10. The molecule has 0 fully saturated rings. The third-order valence-corrected chi connectivity index (χ3v) is 3.23. The van der Waals surface area contributed by atoms with Crippen LogP contribution in [0.2, 0.25) is 5.02 Å². The molecule has 0 spiro atoms. The number of aromatic nitrogens is 1. The highest BCUT2D eigenvalue weighted by atomic mass is 35.5. The van der Waals surface area contributed by atoms with E-state index in [1.807, 2.05) is 19.9 Å². The van der Waals surface area contributed by atoms with Crippen molar-refractivity contribution in [1.82, 2.24) is 4.98 Å². The highest BCUT2D eigenvalue weighted by Gasteiger charge is 2.12. The summed E-state index contributed by atoms with van der Waals surface area (Å²) in [6, 6.07) is 8.40. The Hall–Kier alpha value is -2.58. The van der Waals surface area contributed by atoms with Gasteiger partial charge in [0.25, 0.3) is 0 Å². The predicted octanol–water partition coefficient (Wildman–Crippen LogP) is 3.67. The number of aromatic carboxylic acids is 1. The molecule has 2 rings (SSSR count). The molecule has 106 valence electrons. The third-order valence-electron chi connectivity index (χ3n) is 2.92. The van der Waals surface area contributed by atoms with Crippen LogP contribution in [-0.2, 0) is 0 Å². The maximum atomic E-state index is 10.9. The van der Waals surface area contributed by atoms with Crippen molar-refractivity contribution < 1.29 is 9.90 Å². The Kier molecular flexibility index (Phi) is 4.10. The Morgan fingerprint density at radius 3 is 2.67 bits per heavy atom. The van der Waals surface area contributed by atoms with Crippen molar-refractivity contribution in [1.29, 1.82) is 5.26 Å². The third kappa shape index (κ3) is 3.12. The van der Waals surface area contributed by atoms with Gasteiger partial charge in [-0.05, 0) is 43.7 Å². The van der Waals surface area contributed by atoms with Crippen LogP contribution in [-0.4, -0.2) is 16.1 Å². The summed E-state index contributed by atoms with van der Waals surface area (Å²) in [4.78, 5) is 15.2. The van der Waals surface area contributed by atoms with Gasteiger partial charge < -0.3 is 10.4 Å². The first-order valence-corrected chi connectivity index (χ1v) is 6.48. The molecule has 0 saturated carbocycles. The van der Waals surface area contributed by atoms with E-state index in [4.69, 9.17) is 16.7 Å². The van der Waals surface area contributed by atoms with E-state index in [0.717, 1.165) is 11.3 Å². The minimum atomic E-state index is -1.09. The van der Waals surface area contributed by atoms with E-state index in [9.17, 15) is 10.1 Å². The van der Waals surface area contributed by atoms with Gasteiger partial charge >= 0.3 is 5.97 Å². The summed E-state index contributed by atoms with van der Waals surface area (Å²) in [7, 11) is 0. The molecule has 2 aromatic rings.